The molecular weight excluding hydrogens is 300 g/mol. The van der Waals surface area contributed by atoms with E-state index in [0.717, 1.165) is 4.47 Å². The molecule has 0 aromatic heterocycles. The summed E-state index contributed by atoms with van der Waals surface area (Å²) in [6.45, 7) is 3.78. The summed E-state index contributed by atoms with van der Waals surface area (Å²) in [5.74, 6) is 1.25. The lowest BCUT2D eigenvalue weighted by molar-refractivity contribution is -0.139. The molecule has 0 atom stereocenters. The molecule has 0 bridgehead atoms. The SMILES string of the molecule is CCOc1cc(Br)cc(OC(=O)CC2COC2)c1. The van der Waals surface area contributed by atoms with Gasteiger partial charge in [-0.3, -0.25) is 4.79 Å². The Hall–Kier alpha value is -1.07. The fourth-order valence-corrected chi connectivity index (χ4v) is 2.11. The van der Waals surface area contributed by atoms with E-state index in [1.54, 1.807) is 12.1 Å². The van der Waals surface area contributed by atoms with E-state index in [-0.39, 0.29) is 5.97 Å². The maximum absolute atomic E-state index is 11.7. The van der Waals surface area contributed by atoms with Crippen molar-refractivity contribution >= 4 is 21.9 Å². The van der Waals surface area contributed by atoms with Gasteiger partial charge in [-0.1, -0.05) is 15.9 Å². The van der Waals surface area contributed by atoms with Crippen molar-refractivity contribution < 1.29 is 19.0 Å². The second kappa shape index (κ2) is 6.20. The number of rotatable bonds is 5. The highest BCUT2D eigenvalue weighted by molar-refractivity contribution is 9.10. The van der Waals surface area contributed by atoms with Crippen LogP contribution in [0.2, 0.25) is 0 Å². The first kappa shape index (κ1) is 13.4. The monoisotopic (exact) mass is 314 g/mol. The summed E-state index contributed by atoms with van der Waals surface area (Å²) in [5, 5.41) is 0. The maximum atomic E-state index is 11.7. The number of carbonyl (C=O) groups is 1. The molecule has 0 unspecified atom stereocenters. The average Bonchev–Trinajstić information content (AvgIpc) is 2.23. The Morgan fingerprint density at radius 1 is 1.39 bits per heavy atom. The largest absolute Gasteiger partial charge is 0.494 e. The standard InChI is InChI=1S/C13H15BrO4/c1-2-17-11-4-10(14)5-12(6-11)18-13(15)3-9-7-16-8-9/h4-6,9H,2-3,7-8H2,1H3. The number of carbonyl (C=O) groups excluding carboxylic acids is 1. The zero-order chi connectivity index (χ0) is 13.0. The molecule has 0 spiro atoms. The van der Waals surface area contributed by atoms with Gasteiger partial charge in [-0.25, -0.2) is 0 Å². The molecule has 0 aliphatic carbocycles. The van der Waals surface area contributed by atoms with E-state index in [0.29, 0.717) is 43.7 Å². The lowest BCUT2D eigenvalue weighted by atomic mass is 10.0. The van der Waals surface area contributed by atoms with Crippen LogP contribution in [-0.2, 0) is 9.53 Å². The van der Waals surface area contributed by atoms with E-state index in [1.807, 2.05) is 13.0 Å². The summed E-state index contributed by atoms with van der Waals surface area (Å²) in [6, 6.07) is 5.29. The minimum absolute atomic E-state index is 0.233. The normalized spacial score (nSPS) is 15.0. The van der Waals surface area contributed by atoms with E-state index >= 15 is 0 Å². The Morgan fingerprint density at radius 2 is 2.11 bits per heavy atom. The molecule has 0 amide bonds. The molecule has 5 heteroatoms. The molecule has 98 valence electrons. The van der Waals surface area contributed by atoms with Crippen molar-refractivity contribution in [1.82, 2.24) is 0 Å². The number of ether oxygens (including phenoxy) is 3. The molecule has 0 N–H and O–H groups in total. The van der Waals surface area contributed by atoms with Gasteiger partial charge < -0.3 is 14.2 Å². The van der Waals surface area contributed by atoms with Crippen LogP contribution < -0.4 is 9.47 Å². The predicted molar refractivity (Wildman–Crippen MR) is 69.9 cm³/mol. The van der Waals surface area contributed by atoms with Crippen molar-refractivity contribution in [2.75, 3.05) is 19.8 Å². The van der Waals surface area contributed by atoms with E-state index < -0.39 is 0 Å². The Morgan fingerprint density at radius 3 is 2.72 bits per heavy atom. The molecule has 1 aliphatic rings. The van der Waals surface area contributed by atoms with Gasteiger partial charge in [0.05, 0.1) is 26.2 Å². The molecule has 1 aromatic rings. The lowest BCUT2D eigenvalue weighted by Gasteiger charge is -2.24. The van der Waals surface area contributed by atoms with Crippen molar-refractivity contribution in [3.05, 3.63) is 22.7 Å². The zero-order valence-electron chi connectivity index (χ0n) is 10.1. The van der Waals surface area contributed by atoms with Gasteiger partial charge >= 0.3 is 5.97 Å². The molecule has 1 heterocycles. The zero-order valence-corrected chi connectivity index (χ0v) is 11.7. The third kappa shape index (κ3) is 3.71. The van der Waals surface area contributed by atoms with Crippen LogP contribution in [0, 0.1) is 5.92 Å². The molecule has 0 radical (unpaired) electrons. The second-order valence-corrected chi connectivity index (χ2v) is 5.05. The Balaban J connectivity index is 1.96. The van der Waals surface area contributed by atoms with Crippen LogP contribution in [0.5, 0.6) is 11.5 Å². The van der Waals surface area contributed by atoms with Gasteiger partial charge in [0, 0.05) is 16.5 Å². The molecular formula is C13H15BrO4. The molecule has 1 fully saturated rings. The minimum atomic E-state index is -0.233. The van der Waals surface area contributed by atoms with Crippen LogP contribution in [0.4, 0.5) is 0 Å². The van der Waals surface area contributed by atoms with Crippen LogP contribution in [0.1, 0.15) is 13.3 Å². The third-order valence-electron chi connectivity index (χ3n) is 2.55. The van der Waals surface area contributed by atoms with Crippen LogP contribution in [0.3, 0.4) is 0 Å². The summed E-state index contributed by atoms with van der Waals surface area (Å²) in [7, 11) is 0. The summed E-state index contributed by atoms with van der Waals surface area (Å²) in [6.07, 6.45) is 0.399. The first-order valence-corrected chi connectivity index (χ1v) is 6.68. The van der Waals surface area contributed by atoms with Crippen LogP contribution >= 0.6 is 15.9 Å². The van der Waals surface area contributed by atoms with Gasteiger partial charge in [-0.2, -0.15) is 0 Å². The number of hydrogen-bond donors (Lipinski definition) is 0. The first-order valence-electron chi connectivity index (χ1n) is 5.89. The Bertz CT molecular complexity index is 429. The van der Waals surface area contributed by atoms with Gasteiger partial charge in [0.25, 0.3) is 0 Å². The highest BCUT2D eigenvalue weighted by Crippen LogP contribution is 2.27. The minimum Gasteiger partial charge on any atom is -0.494 e. The molecule has 1 aromatic carbocycles. The third-order valence-corrected chi connectivity index (χ3v) is 3.01. The maximum Gasteiger partial charge on any atom is 0.311 e. The highest BCUT2D eigenvalue weighted by atomic mass is 79.9. The lowest BCUT2D eigenvalue weighted by Crippen LogP contribution is -2.30. The molecule has 4 nitrogen and oxygen atoms in total. The summed E-state index contributed by atoms with van der Waals surface area (Å²) >= 11 is 3.36. The average molecular weight is 315 g/mol. The fraction of sp³-hybridized carbons (Fsp3) is 0.462. The Kier molecular flexibility index (Phi) is 4.60. The van der Waals surface area contributed by atoms with Crippen molar-refractivity contribution in [1.29, 1.82) is 0 Å². The van der Waals surface area contributed by atoms with Crippen LogP contribution in [0.25, 0.3) is 0 Å². The highest BCUT2D eigenvalue weighted by Gasteiger charge is 2.22. The van der Waals surface area contributed by atoms with Gasteiger partial charge in [0.15, 0.2) is 0 Å². The number of benzene rings is 1. The van der Waals surface area contributed by atoms with Crippen molar-refractivity contribution in [2.45, 2.75) is 13.3 Å². The summed E-state index contributed by atoms with van der Waals surface area (Å²) < 4.78 is 16.5. The molecule has 18 heavy (non-hydrogen) atoms. The topological polar surface area (TPSA) is 44.8 Å². The summed E-state index contributed by atoms with van der Waals surface area (Å²) in [4.78, 5) is 11.7. The first-order chi connectivity index (χ1) is 8.67. The van der Waals surface area contributed by atoms with Gasteiger partial charge in [0.1, 0.15) is 11.5 Å². The molecule has 1 aliphatic heterocycles. The fourth-order valence-electron chi connectivity index (χ4n) is 1.66. The van der Waals surface area contributed by atoms with Gasteiger partial charge in [-0.05, 0) is 19.1 Å². The quantitative estimate of drug-likeness (QED) is 0.619. The van der Waals surface area contributed by atoms with Gasteiger partial charge in [-0.15, -0.1) is 0 Å². The van der Waals surface area contributed by atoms with E-state index in [9.17, 15) is 4.79 Å². The number of halogens is 1. The van der Waals surface area contributed by atoms with Crippen LogP contribution in [-0.4, -0.2) is 25.8 Å². The van der Waals surface area contributed by atoms with E-state index in [4.69, 9.17) is 14.2 Å². The number of esters is 1. The van der Waals surface area contributed by atoms with E-state index in [2.05, 4.69) is 15.9 Å². The van der Waals surface area contributed by atoms with Crippen molar-refractivity contribution in [3.63, 3.8) is 0 Å². The van der Waals surface area contributed by atoms with Crippen LogP contribution in [0.15, 0.2) is 22.7 Å². The molecule has 2 rings (SSSR count). The smallest absolute Gasteiger partial charge is 0.311 e. The molecule has 1 saturated heterocycles. The summed E-state index contributed by atoms with van der Waals surface area (Å²) in [5.41, 5.74) is 0. The van der Waals surface area contributed by atoms with E-state index in [1.165, 1.54) is 0 Å². The second-order valence-electron chi connectivity index (χ2n) is 4.14. The number of hydrogen-bond acceptors (Lipinski definition) is 4. The van der Waals surface area contributed by atoms with Gasteiger partial charge in [0.2, 0.25) is 0 Å². The Labute approximate surface area is 114 Å². The van der Waals surface area contributed by atoms with Crippen molar-refractivity contribution in [3.8, 4) is 11.5 Å². The molecule has 0 saturated carbocycles. The van der Waals surface area contributed by atoms with Crippen molar-refractivity contribution in [2.24, 2.45) is 5.92 Å². The predicted octanol–water partition coefficient (Wildman–Crippen LogP) is 2.79.